The van der Waals surface area contributed by atoms with Gasteiger partial charge in [-0.1, -0.05) is 127 Å². The fourth-order valence-electron chi connectivity index (χ4n) is 7.33. The number of hydrogen-bond acceptors (Lipinski definition) is 1. The molecule has 0 saturated carbocycles. The molecule has 1 heterocycles. The summed E-state index contributed by atoms with van der Waals surface area (Å²) in [4.78, 5) is 2.29. The van der Waals surface area contributed by atoms with Crippen LogP contribution in [0.15, 0.2) is 176 Å². The van der Waals surface area contributed by atoms with Gasteiger partial charge in [0.1, 0.15) is 0 Å². The number of para-hydroxylation sites is 2. The van der Waals surface area contributed by atoms with Crippen LogP contribution in [0.1, 0.15) is 0 Å². The van der Waals surface area contributed by atoms with Crippen molar-refractivity contribution in [2.45, 2.75) is 0 Å². The minimum absolute atomic E-state index is 1.13. The summed E-state index contributed by atoms with van der Waals surface area (Å²) in [6.07, 6.45) is 0. The molecule has 222 valence electrons. The van der Waals surface area contributed by atoms with Crippen molar-refractivity contribution in [2.24, 2.45) is 7.05 Å². The number of nitrogens with zero attached hydrogens (tertiary/aromatic N) is 2. The van der Waals surface area contributed by atoms with Gasteiger partial charge in [0.25, 0.3) is 0 Å². The molecule has 0 bridgehead atoms. The van der Waals surface area contributed by atoms with Crippen molar-refractivity contribution in [3.05, 3.63) is 176 Å². The molecule has 9 aromatic rings. The highest BCUT2D eigenvalue weighted by Gasteiger charge is 2.17. The zero-order valence-corrected chi connectivity index (χ0v) is 26.1. The van der Waals surface area contributed by atoms with E-state index in [9.17, 15) is 0 Å². The maximum atomic E-state index is 2.38. The van der Waals surface area contributed by atoms with Crippen LogP contribution in [-0.4, -0.2) is 4.57 Å². The first kappa shape index (κ1) is 27.2. The van der Waals surface area contributed by atoms with Crippen LogP contribution in [0.3, 0.4) is 0 Å². The smallest absolute Gasteiger partial charge is 0.0574 e. The third-order valence-electron chi connectivity index (χ3n) is 9.57. The second-order valence-corrected chi connectivity index (χ2v) is 12.2. The number of hydrogen-bond donors (Lipinski definition) is 0. The molecule has 0 N–H and O–H groups in total. The van der Waals surface area contributed by atoms with Gasteiger partial charge in [-0.3, -0.25) is 0 Å². The molecule has 8 aromatic carbocycles. The van der Waals surface area contributed by atoms with Gasteiger partial charge in [0.15, 0.2) is 0 Å². The summed E-state index contributed by atoms with van der Waals surface area (Å²) in [5, 5.41) is 7.84. The van der Waals surface area contributed by atoms with E-state index in [0.29, 0.717) is 0 Å². The van der Waals surface area contributed by atoms with Crippen molar-refractivity contribution in [3.63, 3.8) is 0 Å². The lowest BCUT2D eigenvalue weighted by molar-refractivity contribution is 1.02. The van der Waals surface area contributed by atoms with Crippen LogP contribution in [0.5, 0.6) is 0 Å². The van der Waals surface area contributed by atoms with Crippen molar-refractivity contribution in [1.82, 2.24) is 4.57 Å². The number of aryl methyl sites for hydroxylation is 1. The number of benzene rings is 8. The highest BCUT2D eigenvalue weighted by Crippen LogP contribution is 2.42. The topological polar surface area (TPSA) is 8.17 Å². The largest absolute Gasteiger partial charge is 0.343 e. The van der Waals surface area contributed by atoms with Gasteiger partial charge in [0.05, 0.1) is 5.52 Å². The fourth-order valence-corrected chi connectivity index (χ4v) is 7.33. The van der Waals surface area contributed by atoms with Gasteiger partial charge in [-0.05, 0) is 86.9 Å². The zero-order valence-electron chi connectivity index (χ0n) is 26.1. The molecular weight excluding hydrogens is 569 g/mol. The van der Waals surface area contributed by atoms with Gasteiger partial charge in [-0.25, -0.2) is 0 Å². The van der Waals surface area contributed by atoms with E-state index in [4.69, 9.17) is 0 Å². The van der Waals surface area contributed by atoms with Gasteiger partial charge < -0.3 is 9.47 Å². The van der Waals surface area contributed by atoms with Gasteiger partial charge in [0, 0.05) is 45.8 Å². The Morgan fingerprint density at radius 3 is 1.38 bits per heavy atom. The Labute approximate surface area is 274 Å². The second kappa shape index (κ2) is 11.0. The molecule has 2 nitrogen and oxygen atoms in total. The Morgan fingerprint density at radius 1 is 0.362 bits per heavy atom. The van der Waals surface area contributed by atoms with Crippen LogP contribution >= 0.6 is 0 Å². The van der Waals surface area contributed by atoms with E-state index >= 15 is 0 Å². The monoisotopic (exact) mass is 600 g/mol. The van der Waals surface area contributed by atoms with Crippen LogP contribution in [-0.2, 0) is 7.05 Å². The first-order chi connectivity index (χ1) is 23.2. The molecule has 47 heavy (non-hydrogen) atoms. The summed E-state index contributed by atoms with van der Waals surface area (Å²) < 4.78 is 2.37. The highest BCUT2D eigenvalue weighted by atomic mass is 15.1. The van der Waals surface area contributed by atoms with E-state index in [2.05, 4.69) is 192 Å². The van der Waals surface area contributed by atoms with Crippen LogP contribution in [0.25, 0.3) is 65.6 Å². The number of anilines is 3. The summed E-state index contributed by atoms with van der Waals surface area (Å²) in [5.74, 6) is 0. The minimum Gasteiger partial charge on any atom is -0.343 e. The molecule has 0 fully saturated rings. The van der Waals surface area contributed by atoms with E-state index in [1.54, 1.807) is 0 Å². The first-order valence-electron chi connectivity index (χ1n) is 16.2. The third kappa shape index (κ3) is 4.49. The average Bonchev–Trinajstić information content (AvgIpc) is 3.45. The Kier molecular flexibility index (Phi) is 6.39. The van der Waals surface area contributed by atoms with Crippen LogP contribution in [0, 0.1) is 0 Å². The summed E-state index contributed by atoms with van der Waals surface area (Å²) in [5.41, 5.74) is 10.8. The fraction of sp³-hybridized carbons (Fsp3) is 0.0222. The molecule has 0 aliphatic rings. The van der Waals surface area contributed by atoms with Crippen molar-refractivity contribution in [1.29, 1.82) is 0 Å². The highest BCUT2D eigenvalue weighted by molar-refractivity contribution is 6.31. The normalized spacial score (nSPS) is 11.5. The molecule has 0 saturated heterocycles. The summed E-state index contributed by atoms with van der Waals surface area (Å²) >= 11 is 0. The molecule has 0 unspecified atom stereocenters. The number of aromatic nitrogens is 1. The molecular formula is C45H32N2. The Morgan fingerprint density at radius 2 is 0.787 bits per heavy atom. The maximum Gasteiger partial charge on any atom is 0.0574 e. The molecule has 0 atom stereocenters. The predicted octanol–water partition coefficient (Wildman–Crippen LogP) is 12.4. The molecule has 1 aromatic heterocycles. The Bertz CT molecular complexity index is 2500. The lowest BCUT2D eigenvalue weighted by Crippen LogP contribution is -2.09. The Balaban J connectivity index is 1.09. The average molecular weight is 601 g/mol. The van der Waals surface area contributed by atoms with Crippen LogP contribution in [0.2, 0.25) is 0 Å². The van der Waals surface area contributed by atoms with Crippen molar-refractivity contribution in [2.75, 3.05) is 4.90 Å². The van der Waals surface area contributed by atoms with Crippen LogP contribution < -0.4 is 4.90 Å². The van der Waals surface area contributed by atoms with Crippen molar-refractivity contribution in [3.8, 4) is 22.3 Å². The molecule has 0 amide bonds. The van der Waals surface area contributed by atoms with E-state index in [1.807, 2.05) is 0 Å². The maximum absolute atomic E-state index is 2.38. The molecule has 9 rings (SSSR count). The van der Waals surface area contributed by atoms with Crippen molar-refractivity contribution >= 4 is 60.4 Å². The number of fused-ring (bicyclic) bond motifs is 8. The predicted molar refractivity (Wildman–Crippen MR) is 201 cm³/mol. The van der Waals surface area contributed by atoms with E-state index in [1.165, 1.54) is 65.6 Å². The van der Waals surface area contributed by atoms with Crippen molar-refractivity contribution < 1.29 is 0 Å². The first-order valence-corrected chi connectivity index (χ1v) is 16.2. The Hall–Kier alpha value is -6.12. The van der Waals surface area contributed by atoms with Crippen LogP contribution in [0.4, 0.5) is 17.1 Å². The van der Waals surface area contributed by atoms with E-state index in [0.717, 1.165) is 17.1 Å². The molecule has 2 heteroatoms. The lowest BCUT2D eigenvalue weighted by atomic mass is 9.95. The van der Waals surface area contributed by atoms with Gasteiger partial charge in [-0.2, -0.15) is 0 Å². The summed E-state index contributed by atoms with van der Waals surface area (Å²) in [7, 11) is 2.20. The molecule has 0 aliphatic carbocycles. The van der Waals surface area contributed by atoms with Gasteiger partial charge in [-0.15, -0.1) is 0 Å². The minimum atomic E-state index is 1.13. The molecule has 0 radical (unpaired) electrons. The number of rotatable bonds is 5. The molecule has 0 spiro atoms. The standard InChI is InChI=1S/C45H32N2/c1-46-43-29-26-34(30-42(43)44-40-18-10-8-16-38(40)39-17-9-11-19-41(39)45(44)46)33-22-20-31(21-23-33)32-24-27-37(28-25-32)47(35-12-4-2-5-13-35)36-14-6-3-7-15-36/h2-30H,1H3. The quantitative estimate of drug-likeness (QED) is 0.178. The molecule has 0 aliphatic heterocycles. The third-order valence-corrected chi connectivity index (χ3v) is 9.57. The van der Waals surface area contributed by atoms with E-state index < -0.39 is 0 Å². The SMILES string of the molecule is Cn1c2ccc(-c3ccc(-c4ccc(N(c5ccccc5)c5ccccc5)cc4)cc3)cc2c2c3ccccc3c3ccccc3c21. The zero-order chi connectivity index (χ0) is 31.3. The summed E-state index contributed by atoms with van der Waals surface area (Å²) in [6, 6.07) is 63.5. The van der Waals surface area contributed by atoms with Gasteiger partial charge >= 0.3 is 0 Å². The lowest BCUT2D eigenvalue weighted by Gasteiger charge is -2.25. The van der Waals surface area contributed by atoms with E-state index in [-0.39, 0.29) is 0 Å². The summed E-state index contributed by atoms with van der Waals surface area (Å²) in [6.45, 7) is 0. The van der Waals surface area contributed by atoms with Gasteiger partial charge in [0.2, 0.25) is 0 Å². The second-order valence-electron chi connectivity index (χ2n) is 12.2.